The van der Waals surface area contributed by atoms with Crippen molar-refractivity contribution >= 4 is 21.8 Å². The molecule has 0 radical (unpaired) electrons. The second kappa shape index (κ2) is 10.0. The molecule has 2 amide bonds. The molecule has 8 heteroatoms. The second-order valence-corrected chi connectivity index (χ2v) is 8.20. The minimum atomic E-state index is -3.24. The first kappa shape index (κ1) is 21.0. The lowest BCUT2D eigenvalue weighted by atomic mass is 10.2. The molecule has 0 saturated carbocycles. The van der Waals surface area contributed by atoms with Crippen LogP contribution in [0.1, 0.15) is 25.3 Å². The molecule has 1 unspecified atom stereocenters. The van der Waals surface area contributed by atoms with Gasteiger partial charge >= 0.3 is 6.09 Å². The van der Waals surface area contributed by atoms with E-state index < -0.39 is 22.0 Å². The Morgan fingerprint density at radius 1 is 1.24 bits per heavy atom. The van der Waals surface area contributed by atoms with Gasteiger partial charge in [0.1, 0.15) is 22.5 Å². The Kier molecular flexibility index (Phi) is 8.40. The normalized spacial score (nSPS) is 12.3. The third kappa shape index (κ3) is 8.53. The zero-order valence-electron chi connectivity index (χ0n) is 14.9. The highest BCUT2D eigenvalue weighted by atomic mass is 32.2. The minimum Gasteiger partial charge on any atom is -0.445 e. The highest BCUT2D eigenvalue weighted by molar-refractivity contribution is 7.90. The molecular formula is C17H26N2O5S. The van der Waals surface area contributed by atoms with Crippen molar-refractivity contribution in [1.29, 1.82) is 0 Å². The first-order chi connectivity index (χ1) is 11.7. The number of carbonyl (C=O) groups is 2. The summed E-state index contributed by atoms with van der Waals surface area (Å²) in [6.07, 6.45) is 1.12. The Morgan fingerprint density at radius 3 is 2.44 bits per heavy atom. The molecule has 0 heterocycles. The summed E-state index contributed by atoms with van der Waals surface area (Å²) in [6, 6.07) is 8.20. The van der Waals surface area contributed by atoms with Crippen molar-refractivity contribution in [2.24, 2.45) is 0 Å². The van der Waals surface area contributed by atoms with E-state index in [0.29, 0.717) is 6.54 Å². The molecule has 25 heavy (non-hydrogen) atoms. The van der Waals surface area contributed by atoms with Gasteiger partial charge in [-0.3, -0.25) is 4.79 Å². The number of hydrogen-bond donors (Lipinski definition) is 1. The number of alkyl carbamates (subject to hydrolysis) is 1. The van der Waals surface area contributed by atoms with Gasteiger partial charge in [-0.15, -0.1) is 0 Å². The van der Waals surface area contributed by atoms with Crippen molar-refractivity contribution in [3.63, 3.8) is 0 Å². The molecule has 140 valence electrons. The zero-order chi connectivity index (χ0) is 18.9. The van der Waals surface area contributed by atoms with Crippen LogP contribution < -0.4 is 5.32 Å². The SMILES string of the molecule is CCCN(C)C(=O)C(CCS(C)(=O)=O)NC(=O)OCc1ccccc1. The van der Waals surface area contributed by atoms with E-state index in [4.69, 9.17) is 4.74 Å². The number of carbonyl (C=O) groups excluding carboxylic acids is 2. The maximum absolute atomic E-state index is 12.4. The molecule has 1 aromatic carbocycles. The summed E-state index contributed by atoms with van der Waals surface area (Å²) in [7, 11) is -1.62. The fourth-order valence-electron chi connectivity index (χ4n) is 2.21. The van der Waals surface area contributed by atoms with Gasteiger partial charge in [-0.2, -0.15) is 0 Å². The first-order valence-corrected chi connectivity index (χ1v) is 10.2. The predicted molar refractivity (Wildman–Crippen MR) is 95.8 cm³/mol. The van der Waals surface area contributed by atoms with Crippen LogP contribution in [0.2, 0.25) is 0 Å². The molecule has 1 N–H and O–H groups in total. The van der Waals surface area contributed by atoms with Gasteiger partial charge in [-0.25, -0.2) is 13.2 Å². The van der Waals surface area contributed by atoms with Crippen molar-refractivity contribution in [1.82, 2.24) is 10.2 Å². The fraction of sp³-hybridized carbons (Fsp3) is 0.529. The molecule has 1 rings (SSSR count). The number of benzene rings is 1. The molecule has 0 aromatic heterocycles. The van der Waals surface area contributed by atoms with E-state index in [1.54, 1.807) is 7.05 Å². The van der Waals surface area contributed by atoms with Crippen molar-refractivity contribution in [2.75, 3.05) is 25.6 Å². The maximum Gasteiger partial charge on any atom is 0.408 e. The number of nitrogens with one attached hydrogen (secondary N) is 1. The fourth-order valence-corrected chi connectivity index (χ4v) is 2.87. The molecule has 0 bridgehead atoms. The Labute approximate surface area is 149 Å². The number of amides is 2. The van der Waals surface area contributed by atoms with Gasteiger partial charge in [-0.05, 0) is 18.4 Å². The molecule has 0 aliphatic heterocycles. The smallest absolute Gasteiger partial charge is 0.408 e. The number of hydrogen-bond acceptors (Lipinski definition) is 5. The van der Waals surface area contributed by atoms with E-state index in [9.17, 15) is 18.0 Å². The van der Waals surface area contributed by atoms with E-state index in [-0.39, 0.29) is 24.7 Å². The van der Waals surface area contributed by atoms with Crippen molar-refractivity contribution < 1.29 is 22.7 Å². The topological polar surface area (TPSA) is 92.8 Å². The number of rotatable bonds is 9. The predicted octanol–water partition coefficient (Wildman–Crippen LogP) is 1.58. The Bertz CT molecular complexity index is 661. The molecule has 0 spiro atoms. The standard InChI is InChI=1S/C17H26N2O5S/c1-4-11-19(2)16(20)15(10-12-25(3,22)23)18-17(21)24-13-14-8-6-5-7-9-14/h5-9,15H,4,10-13H2,1-3H3,(H,18,21). The second-order valence-electron chi connectivity index (χ2n) is 5.94. The number of nitrogens with zero attached hydrogens (tertiary/aromatic N) is 1. The van der Waals surface area contributed by atoms with Gasteiger partial charge in [0.2, 0.25) is 5.91 Å². The van der Waals surface area contributed by atoms with Crippen LogP contribution in [0.25, 0.3) is 0 Å². The van der Waals surface area contributed by atoms with E-state index in [2.05, 4.69) is 5.32 Å². The summed E-state index contributed by atoms with van der Waals surface area (Å²) in [6.45, 7) is 2.52. The van der Waals surface area contributed by atoms with Crippen molar-refractivity contribution in [2.45, 2.75) is 32.4 Å². The van der Waals surface area contributed by atoms with Crippen molar-refractivity contribution in [3.8, 4) is 0 Å². The minimum absolute atomic E-state index is 0.00611. The van der Waals surface area contributed by atoms with E-state index in [0.717, 1.165) is 18.2 Å². The monoisotopic (exact) mass is 370 g/mol. The molecule has 1 aromatic rings. The molecule has 0 fully saturated rings. The average molecular weight is 370 g/mol. The third-order valence-electron chi connectivity index (χ3n) is 3.52. The molecule has 0 aliphatic carbocycles. The number of likely N-dealkylation sites (N-methyl/N-ethyl adjacent to an activating group) is 1. The summed E-state index contributed by atoms with van der Waals surface area (Å²) in [5.41, 5.74) is 0.819. The van der Waals surface area contributed by atoms with Crippen LogP contribution in [0.3, 0.4) is 0 Å². The van der Waals surface area contributed by atoms with E-state index in [1.807, 2.05) is 37.3 Å². The van der Waals surface area contributed by atoms with Gasteiger partial charge in [0.15, 0.2) is 0 Å². The van der Waals surface area contributed by atoms with Crippen LogP contribution in [0.4, 0.5) is 4.79 Å². The Balaban J connectivity index is 2.67. The highest BCUT2D eigenvalue weighted by Crippen LogP contribution is 2.05. The maximum atomic E-state index is 12.4. The largest absolute Gasteiger partial charge is 0.445 e. The number of ether oxygens (including phenoxy) is 1. The number of sulfone groups is 1. The molecule has 0 aliphatic rings. The lowest BCUT2D eigenvalue weighted by Crippen LogP contribution is -2.48. The van der Waals surface area contributed by atoms with Crippen LogP contribution in [0, 0.1) is 0 Å². The Morgan fingerprint density at radius 2 is 1.88 bits per heavy atom. The van der Waals surface area contributed by atoms with Crippen LogP contribution >= 0.6 is 0 Å². The van der Waals surface area contributed by atoms with Crippen LogP contribution in [0.5, 0.6) is 0 Å². The van der Waals surface area contributed by atoms with Gasteiger partial charge < -0.3 is 15.0 Å². The molecular weight excluding hydrogens is 344 g/mol. The summed E-state index contributed by atoms with van der Waals surface area (Å²) < 4.78 is 27.9. The average Bonchev–Trinajstić information content (AvgIpc) is 2.56. The molecule has 7 nitrogen and oxygen atoms in total. The highest BCUT2D eigenvalue weighted by Gasteiger charge is 2.25. The Hall–Kier alpha value is -2.09. The van der Waals surface area contributed by atoms with Crippen LogP contribution in [-0.2, 0) is 26.0 Å². The third-order valence-corrected chi connectivity index (χ3v) is 4.49. The summed E-state index contributed by atoms with van der Waals surface area (Å²) in [5, 5.41) is 2.48. The van der Waals surface area contributed by atoms with Gasteiger partial charge in [0.25, 0.3) is 0 Å². The summed E-state index contributed by atoms with van der Waals surface area (Å²) in [5.74, 6) is -0.523. The van der Waals surface area contributed by atoms with Crippen LogP contribution in [-0.4, -0.2) is 57.0 Å². The zero-order valence-corrected chi connectivity index (χ0v) is 15.7. The lowest BCUT2D eigenvalue weighted by Gasteiger charge is -2.24. The molecule has 0 saturated heterocycles. The lowest BCUT2D eigenvalue weighted by molar-refractivity contribution is -0.132. The quantitative estimate of drug-likeness (QED) is 0.712. The molecule has 1 atom stereocenters. The van der Waals surface area contributed by atoms with Gasteiger partial charge in [0, 0.05) is 19.8 Å². The van der Waals surface area contributed by atoms with Crippen LogP contribution in [0.15, 0.2) is 30.3 Å². The van der Waals surface area contributed by atoms with Gasteiger partial charge in [0.05, 0.1) is 5.75 Å². The summed E-state index contributed by atoms with van der Waals surface area (Å²) in [4.78, 5) is 25.9. The summed E-state index contributed by atoms with van der Waals surface area (Å²) >= 11 is 0. The van der Waals surface area contributed by atoms with Crippen molar-refractivity contribution in [3.05, 3.63) is 35.9 Å². The van der Waals surface area contributed by atoms with E-state index in [1.165, 1.54) is 4.90 Å². The van der Waals surface area contributed by atoms with E-state index >= 15 is 0 Å². The first-order valence-electron chi connectivity index (χ1n) is 8.13. The van der Waals surface area contributed by atoms with Gasteiger partial charge in [-0.1, -0.05) is 37.3 Å².